The smallest absolute Gasteiger partial charge is 0.230 e. The van der Waals surface area contributed by atoms with Crippen LogP contribution in [-0.4, -0.2) is 38.0 Å². The van der Waals surface area contributed by atoms with Gasteiger partial charge in [0.25, 0.3) is 0 Å². The predicted molar refractivity (Wildman–Crippen MR) is 109 cm³/mol. The average molecular weight is 388 g/mol. The van der Waals surface area contributed by atoms with E-state index in [9.17, 15) is 4.79 Å². The van der Waals surface area contributed by atoms with E-state index in [-0.39, 0.29) is 17.4 Å². The van der Waals surface area contributed by atoms with Crippen molar-refractivity contribution in [1.29, 1.82) is 0 Å². The summed E-state index contributed by atoms with van der Waals surface area (Å²) in [5, 5.41) is 5.90. The summed E-state index contributed by atoms with van der Waals surface area (Å²) in [5.41, 5.74) is 1.61. The van der Waals surface area contributed by atoms with E-state index >= 15 is 0 Å². The van der Waals surface area contributed by atoms with E-state index in [4.69, 9.17) is 26.4 Å². The molecular formula is C20H24N2O4S. The molecule has 2 aromatic carbocycles. The Morgan fingerprint density at radius 3 is 2.56 bits per heavy atom. The van der Waals surface area contributed by atoms with Crippen LogP contribution >= 0.6 is 12.2 Å². The van der Waals surface area contributed by atoms with Crippen LogP contribution in [0.5, 0.6) is 11.5 Å². The van der Waals surface area contributed by atoms with Crippen LogP contribution in [0.15, 0.2) is 48.5 Å². The Bertz CT molecular complexity index is 750. The third kappa shape index (κ3) is 7.64. The van der Waals surface area contributed by atoms with E-state index < -0.39 is 0 Å². The first-order chi connectivity index (χ1) is 13.1. The summed E-state index contributed by atoms with van der Waals surface area (Å²) in [4.78, 5) is 12.1. The molecule has 0 saturated carbocycles. The predicted octanol–water partition coefficient (Wildman–Crippen LogP) is 3.17. The van der Waals surface area contributed by atoms with Gasteiger partial charge < -0.3 is 24.8 Å². The minimum atomic E-state index is -0.193. The number of thiocarbonyl (C=S) groups is 1. The molecule has 0 atom stereocenters. The van der Waals surface area contributed by atoms with E-state index in [0.717, 1.165) is 17.0 Å². The Hall–Kier alpha value is -2.64. The van der Waals surface area contributed by atoms with Crippen molar-refractivity contribution < 1.29 is 19.0 Å². The fourth-order valence-corrected chi connectivity index (χ4v) is 2.52. The molecule has 2 rings (SSSR count). The van der Waals surface area contributed by atoms with Gasteiger partial charge in [0.2, 0.25) is 5.91 Å². The van der Waals surface area contributed by atoms with Gasteiger partial charge in [-0.1, -0.05) is 18.2 Å². The molecule has 0 aliphatic rings. The summed E-state index contributed by atoms with van der Waals surface area (Å²) >= 11 is 5.21. The van der Waals surface area contributed by atoms with Crippen LogP contribution in [0.3, 0.4) is 0 Å². The average Bonchev–Trinajstić information content (AvgIpc) is 2.66. The zero-order valence-corrected chi connectivity index (χ0v) is 16.3. The van der Waals surface area contributed by atoms with Gasteiger partial charge in [-0.3, -0.25) is 4.79 Å². The van der Waals surface area contributed by atoms with Crippen LogP contribution in [0.2, 0.25) is 0 Å². The zero-order valence-electron chi connectivity index (χ0n) is 15.5. The number of ether oxygens (including phenoxy) is 3. The molecule has 2 N–H and O–H groups in total. The van der Waals surface area contributed by atoms with Gasteiger partial charge in [-0.2, -0.15) is 0 Å². The van der Waals surface area contributed by atoms with Crippen molar-refractivity contribution in [1.82, 2.24) is 5.32 Å². The molecule has 0 fully saturated rings. The van der Waals surface area contributed by atoms with Crippen LogP contribution in [0.1, 0.15) is 12.5 Å². The SMILES string of the molecule is CCOCCOc1cccc(NC(=S)NC(=O)Cc2ccc(OC)cc2)c1. The second-order valence-corrected chi connectivity index (χ2v) is 6.01. The number of hydrogen-bond donors (Lipinski definition) is 2. The van der Waals surface area contributed by atoms with Crippen molar-refractivity contribution in [3.63, 3.8) is 0 Å². The summed E-state index contributed by atoms with van der Waals surface area (Å²) in [5.74, 6) is 1.26. The van der Waals surface area contributed by atoms with Gasteiger partial charge in [-0.25, -0.2) is 0 Å². The third-order valence-corrected chi connectivity index (χ3v) is 3.77. The number of carbonyl (C=O) groups is 1. The highest BCUT2D eigenvalue weighted by Gasteiger charge is 2.07. The lowest BCUT2D eigenvalue weighted by Gasteiger charge is -2.12. The highest BCUT2D eigenvalue weighted by Crippen LogP contribution is 2.17. The molecule has 0 heterocycles. The first-order valence-corrected chi connectivity index (χ1v) is 9.06. The zero-order chi connectivity index (χ0) is 19.5. The Labute approximate surface area is 164 Å². The Morgan fingerprint density at radius 1 is 1.07 bits per heavy atom. The largest absolute Gasteiger partial charge is 0.497 e. The minimum Gasteiger partial charge on any atom is -0.497 e. The van der Waals surface area contributed by atoms with Crippen molar-refractivity contribution in [3.8, 4) is 11.5 Å². The molecule has 0 radical (unpaired) electrons. The lowest BCUT2D eigenvalue weighted by atomic mass is 10.1. The topological polar surface area (TPSA) is 68.8 Å². The first kappa shape index (κ1) is 20.7. The van der Waals surface area contributed by atoms with E-state index in [1.165, 1.54) is 0 Å². The second kappa shape index (κ2) is 11.2. The fraction of sp³-hybridized carbons (Fsp3) is 0.300. The number of carbonyl (C=O) groups excluding carboxylic acids is 1. The molecular weight excluding hydrogens is 364 g/mol. The van der Waals surface area contributed by atoms with Crippen LogP contribution in [0.25, 0.3) is 0 Å². The van der Waals surface area contributed by atoms with E-state index in [1.54, 1.807) is 7.11 Å². The van der Waals surface area contributed by atoms with E-state index in [1.807, 2.05) is 55.5 Å². The summed E-state index contributed by atoms with van der Waals surface area (Å²) < 4.78 is 15.9. The number of amides is 1. The lowest BCUT2D eigenvalue weighted by molar-refractivity contribution is -0.119. The second-order valence-electron chi connectivity index (χ2n) is 5.60. The molecule has 0 saturated heterocycles. The van der Waals surface area contributed by atoms with Gasteiger partial charge in [0.05, 0.1) is 20.1 Å². The van der Waals surface area contributed by atoms with Crippen molar-refractivity contribution >= 4 is 28.9 Å². The summed E-state index contributed by atoms with van der Waals surface area (Å²) in [6.45, 7) is 3.61. The van der Waals surface area contributed by atoms with Crippen LogP contribution in [0.4, 0.5) is 5.69 Å². The van der Waals surface area contributed by atoms with Crippen molar-refractivity contribution in [3.05, 3.63) is 54.1 Å². The molecule has 2 aromatic rings. The van der Waals surface area contributed by atoms with E-state index in [0.29, 0.717) is 25.6 Å². The van der Waals surface area contributed by atoms with Gasteiger partial charge in [0.1, 0.15) is 18.1 Å². The molecule has 0 bridgehead atoms. The van der Waals surface area contributed by atoms with Gasteiger partial charge in [-0.05, 0) is 49.0 Å². The Balaban J connectivity index is 1.81. The molecule has 27 heavy (non-hydrogen) atoms. The van der Waals surface area contributed by atoms with Gasteiger partial charge in [-0.15, -0.1) is 0 Å². The van der Waals surface area contributed by atoms with Crippen molar-refractivity contribution in [2.24, 2.45) is 0 Å². The number of hydrogen-bond acceptors (Lipinski definition) is 5. The van der Waals surface area contributed by atoms with Gasteiger partial charge >= 0.3 is 0 Å². The van der Waals surface area contributed by atoms with Crippen molar-refractivity contribution in [2.45, 2.75) is 13.3 Å². The lowest BCUT2D eigenvalue weighted by Crippen LogP contribution is -2.35. The summed E-state index contributed by atoms with van der Waals surface area (Å²) in [6.07, 6.45) is 0.229. The van der Waals surface area contributed by atoms with E-state index in [2.05, 4.69) is 10.6 Å². The maximum Gasteiger partial charge on any atom is 0.230 e. The Morgan fingerprint density at radius 2 is 1.85 bits per heavy atom. The minimum absolute atomic E-state index is 0.193. The summed E-state index contributed by atoms with van der Waals surface area (Å²) in [6, 6.07) is 14.7. The van der Waals surface area contributed by atoms with Crippen LogP contribution in [-0.2, 0) is 16.0 Å². The molecule has 6 nitrogen and oxygen atoms in total. The maximum atomic E-state index is 12.1. The standard InChI is InChI=1S/C20H24N2O4S/c1-3-25-11-12-26-18-6-4-5-16(14-18)21-20(27)22-19(23)13-15-7-9-17(24-2)10-8-15/h4-10,14H,3,11-13H2,1-2H3,(H2,21,22,23,27). The molecule has 1 amide bonds. The molecule has 144 valence electrons. The number of rotatable bonds is 9. The molecule has 7 heteroatoms. The normalized spacial score (nSPS) is 10.1. The molecule has 0 aliphatic carbocycles. The van der Waals surface area contributed by atoms with Crippen molar-refractivity contribution in [2.75, 3.05) is 32.2 Å². The molecule has 0 aromatic heterocycles. The molecule has 0 unspecified atom stereocenters. The number of nitrogens with one attached hydrogen (secondary N) is 2. The number of methoxy groups -OCH3 is 1. The number of benzene rings is 2. The highest BCUT2D eigenvalue weighted by atomic mass is 32.1. The quantitative estimate of drug-likeness (QED) is 0.508. The number of anilines is 1. The van der Waals surface area contributed by atoms with Crippen LogP contribution < -0.4 is 20.1 Å². The van der Waals surface area contributed by atoms with Gasteiger partial charge in [0, 0.05) is 18.4 Å². The Kier molecular flexibility index (Phi) is 8.54. The van der Waals surface area contributed by atoms with Crippen LogP contribution in [0, 0.1) is 0 Å². The molecule has 0 spiro atoms. The van der Waals surface area contributed by atoms with Gasteiger partial charge in [0.15, 0.2) is 5.11 Å². The molecule has 0 aliphatic heterocycles. The third-order valence-electron chi connectivity index (χ3n) is 3.57. The summed E-state index contributed by atoms with van der Waals surface area (Å²) in [7, 11) is 1.60. The monoisotopic (exact) mass is 388 g/mol. The fourth-order valence-electron chi connectivity index (χ4n) is 2.29. The maximum absolute atomic E-state index is 12.1. The highest BCUT2D eigenvalue weighted by molar-refractivity contribution is 7.80. The first-order valence-electron chi connectivity index (χ1n) is 8.65.